The summed E-state index contributed by atoms with van der Waals surface area (Å²) in [6.07, 6.45) is 0. The Labute approximate surface area is 123 Å². The summed E-state index contributed by atoms with van der Waals surface area (Å²) in [5.41, 5.74) is 2.49. The molecule has 0 saturated carbocycles. The van der Waals surface area contributed by atoms with Crippen LogP contribution in [0.2, 0.25) is 5.82 Å². The average Bonchev–Trinajstić information content (AvgIpc) is 2.42. The number of hydrogen-bond donors (Lipinski definition) is 0. The Hall–Kier alpha value is -0.891. The van der Waals surface area contributed by atoms with Crippen molar-refractivity contribution in [2.24, 2.45) is 4.99 Å². The molecule has 92 valence electrons. The molecule has 0 saturated heterocycles. The summed E-state index contributed by atoms with van der Waals surface area (Å²) >= 11 is 3.86. The number of hydrogen-bond acceptors (Lipinski definition) is 1. The van der Waals surface area contributed by atoms with Crippen molar-refractivity contribution in [2.75, 3.05) is 0 Å². The van der Waals surface area contributed by atoms with Crippen LogP contribution >= 0.6 is 15.9 Å². The summed E-state index contributed by atoms with van der Waals surface area (Å²) in [5.74, 6) is 2.21. The maximum absolute atomic E-state index is 4.74. The van der Waals surface area contributed by atoms with Crippen molar-refractivity contribution >= 4 is 35.5 Å². The van der Waals surface area contributed by atoms with E-state index in [9.17, 15) is 0 Å². The second-order valence-electron chi connectivity index (χ2n) is 3.82. The van der Waals surface area contributed by atoms with Gasteiger partial charge in [-0.2, -0.15) is 0 Å². The van der Waals surface area contributed by atoms with Gasteiger partial charge in [0.25, 0.3) is 0 Å². The Morgan fingerprint density at radius 3 is 2.33 bits per heavy atom. The zero-order valence-electron chi connectivity index (χ0n) is 10.1. The Morgan fingerprint density at radius 1 is 1.06 bits per heavy atom. The van der Waals surface area contributed by atoms with Crippen LogP contribution in [-0.4, -0.2) is 19.6 Å². The standard InChI is InChI=1S/C15H14BrNSe/c1-18-15(13-7-9-14(16)10-8-13)17-11-12-5-3-2-4-6-12/h2-10H,11H2,1H3. The van der Waals surface area contributed by atoms with Gasteiger partial charge in [-0.15, -0.1) is 0 Å². The minimum absolute atomic E-state index is 0.405. The molecule has 0 N–H and O–H groups in total. The van der Waals surface area contributed by atoms with Crippen LogP contribution in [0.5, 0.6) is 0 Å². The van der Waals surface area contributed by atoms with Crippen LogP contribution < -0.4 is 0 Å². The van der Waals surface area contributed by atoms with E-state index in [-0.39, 0.29) is 0 Å². The summed E-state index contributed by atoms with van der Waals surface area (Å²) < 4.78 is 2.33. The molecule has 2 aromatic carbocycles. The molecule has 0 bridgehead atoms. The molecule has 2 rings (SSSR count). The first-order valence-corrected chi connectivity index (χ1v) is 9.04. The molecule has 0 radical (unpaired) electrons. The Bertz CT molecular complexity index is 520. The van der Waals surface area contributed by atoms with Crippen LogP contribution in [0.25, 0.3) is 0 Å². The zero-order valence-corrected chi connectivity index (χ0v) is 13.4. The fraction of sp³-hybridized carbons (Fsp3) is 0.133. The average molecular weight is 367 g/mol. The normalized spacial score (nSPS) is 11.6. The number of halogens is 1. The number of aliphatic imine (C=N–C) groups is 1. The number of rotatable bonds is 4. The summed E-state index contributed by atoms with van der Waals surface area (Å²) in [7, 11) is 0. The molecule has 0 spiro atoms. The van der Waals surface area contributed by atoms with E-state index in [1.807, 2.05) is 6.07 Å². The van der Waals surface area contributed by atoms with E-state index in [0.717, 1.165) is 11.0 Å². The maximum atomic E-state index is 4.74. The first-order valence-electron chi connectivity index (χ1n) is 5.68. The molecule has 3 heteroatoms. The molecular weight excluding hydrogens is 353 g/mol. The molecule has 1 nitrogen and oxygen atoms in total. The van der Waals surface area contributed by atoms with Crippen molar-refractivity contribution in [3.63, 3.8) is 0 Å². The van der Waals surface area contributed by atoms with E-state index in [0.29, 0.717) is 15.0 Å². The topological polar surface area (TPSA) is 12.4 Å². The SMILES string of the molecule is C[Se]C(=NCc1ccccc1)c1ccc(Br)cc1. The Kier molecular flexibility index (Phi) is 5.18. The van der Waals surface area contributed by atoms with Crippen LogP contribution in [-0.2, 0) is 6.54 Å². The van der Waals surface area contributed by atoms with Gasteiger partial charge in [0.15, 0.2) is 0 Å². The van der Waals surface area contributed by atoms with E-state index >= 15 is 0 Å². The van der Waals surface area contributed by atoms with Crippen LogP contribution in [0.15, 0.2) is 64.1 Å². The molecule has 0 aliphatic rings. The van der Waals surface area contributed by atoms with Gasteiger partial charge in [-0.3, -0.25) is 0 Å². The van der Waals surface area contributed by atoms with Gasteiger partial charge < -0.3 is 0 Å². The second-order valence-corrected chi connectivity index (χ2v) is 6.40. The molecule has 0 unspecified atom stereocenters. The first kappa shape index (κ1) is 13.5. The zero-order chi connectivity index (χ0) is 12.8. The van der Waals surface area contributed by atoms with Gasteiger partial charge >= 0.3 is 123 Å². The molecule has 0 amide bonds. The minimum atomic E-state index is 0.405. The van der Waals surface area contributed by atoms with Gasteiger partial charge in [-0.25, -0.2) is 0 Å². The fourth-order valence-corrected chi connectivity index (χ4v) is 3.06. The molecule has 0 aliphatic heterocycles. The number of nitrogens with zero attached hydrogens (tertiary/aromatic N) is 1. The van der Waals surface area contributed by atoms with Crippen molar-refractivity contribution in [1.29, 1.82) is 0 Å². The van der Waals surface area contributed by atoms with Crippen molar-refractivity contribution in [2.45, 2.75) is 12.4 Å². The van der Waals surface area contributed by atoms with Gasteiger partial charge in [0.2, 0.25) is 0 Å². The van der Waals surface area contributed by atoms with E-state index in [4.69, 9.17) is 4.99 Å². The van der Waals surface area contributed by atoms with Crippen LogP contribution in [0.3, 0.4) is 0 Å². The molecule has 0 atom stereocenters. The van der Waals surface area contributed by atoms with Crippen molar-refractivity contribution in [3.05, 3.63) is 70.2 Å². The van der Waals surface area contributed by atoms with E-state index < -0.39 is 0 Å². The third-order valence-corrected chi connectivity index (χ3v) is 4.64. The molecule has 2 aromatic rings. The second kappa shape index (κ2) is 6.89. The van der Waals surface area contributed by atoms with Gasteiger partial charge in [0, 0.05) is 0 Å². The summed E-state index contributed by atoms with van der Waals surface area (Å²) in [4.78, 5) is 4.74. The molecule has 0 aromatic heterocycles. The van der Waals surface area contributed by atoms with Crippen LogP contribution in [0.4, 0.5) is 0 Å². The van der Waals surface area contributed by atoms with Crippen molar-refractivity contribution in [1.82, 2.24) is 0 Å². The molecular formula is C15H14BrNSe. The van der Waals surface area contributed by atoms with Gasteiger partial charge in [0.05, 0.1) is 0 Å². The van der Waals surface area contributed by atoms with Crippen molar-refractivity contribution < 1.29 is 0 Å². The fourth-order valence-electron chi connectivity index (χ4n) is 1.61. The molecule has 18 heavy (non-hydrogen) atoms. The third kappa shape index (κ3) is 3.81. The predicted molar refractivity (Wildman–Crippen MR) is 82.4 cm³/mol. The quantitative estimate of drug-likeness (QED) is 0.569. The van der Waals surface area contributed by atoms with E-state index in [1.165, 1.54) is 15.7 Å². The summed E-state index contributed by atoms with van der Waals surface area (Å²) in [5, 5.41) is 0. The number of benzene rings is 2. The predicted octanol–water partition coefficient (Wildman–Crippen LogP) is 4.15. The monoisotopic (exact) mass is 367 g/mol. The van der Waals surface area contributed by atoms with Gasteiger partial charge in [-0.05, 0) is 0 Å². The Morgan fingerprint density at radius 2 is 1.72 bits per heavy atom. The Balaban J connectivity index is 2.16. The summed E-state index contributed by atoms with van der Waals surface area (Å²) in [6, 6.07) is 18.8. The van der Waals surface area contributed by atoms with E-state index in [2.05, 4.69) is 70.3 Å². The van der Waals surface area contributed by atoms with Gasteiger partial charge in [-0.1, -0.05) is 0 Å². The van der Waals surface area contributed by atoms with E-state index in [1.54, 1.807) is 0 Å². The van der Waals surface area contributed by atoms with Crippen LogP contribution in [0.1, 0.15) is 11.1 Å². The van der Waals surface area contributed by atoms with Crippen molar-refractivity contribution in [3.8, 4) is 0 Å². The van der Waals surface area contributed by atoms with Crippen LogP contribution in [0, 0.1) is 0 Å². The third-order valence-electron chi connectivity index (χ3n) is 2.53. The molecule has 0 fully saturated rings. The van der Waals surface area contributed by atoms with Gasteiger partial charge in [0.1, 0.15) is 0 Å². The summed E-state index contributed by atoms with van der Waals surface area (Å²) in [6.45, 7) is 0.766. The molecule has 0 heterocycles. The molecule has 0 aliphatic carbocycles. The first-order chi connectivity index (χ1) is 8.79.